The first-order valence-electron chi connectivity index (χ1n) is 11.6. The maximum atomic E-state index is 12.4. The third kappa shape index (κ3) is 12.6. The summed E-state index contributed by atoms with van der Waals surface area (Å²) in [6.45, 7) is 9.04. The normalized spacial score (nSPS) is 17.9. The van der Waals surface area contributed by atoms with Crippen LogP contribution in [0, 0.1) is 5.92 Å². The van der Waals surface area contributed by atoms with Gasteiger partial charge in [-0.3, -0.25) is 4.79 Å². The summed E-state index contributed by atoms with van der Waals surface area (Å²) in [6.07, 6.45) is 11.9. The number of allylic oxidation sites excluding steroid dienone is 5. The van der Waals surface area contributed by atoms with Gasteiger partial charge in [-0.1, -0.05) is 34.9 Å². The highest BCUT2D eigenvalue weighted by molar-refractivity contribution is 7.99. The van der Waals surface area contributed by atoms with Crippen LogP contribution in [0.4, 0.5) is 4.79 Å². The Bertz CT molecular complexity index is 756. The second-order valence-corrected chi connectivity index (χ2v) is 10.0. The molecule has 0 aromatic heterocycles. The summed E-state index contributed by atoms with van der Waals surface area (Å²) in [5.41, 5.74) is 4.01. The quantitative estimate of drug-likeness (QED) is 0.250. The highest BCUT2D eigenvalue weighted by atomic mass is 32.2. The number of piperidine rings is 1. The maximum absolute atomic E-state index is 12.4. The van der Waals surface area contributed by atoms with E-state index in [1.807, 2.05) is 0 Å². The molecule has 7 nitrogen and oxygen atoms in total. The molecule has 1 saturated heterocycles. The van der Waals surface area contributed by atoms with E-state index < -0.39 is 29.9 Å². The first-order chi connectivity index (χ1) is 15.6. The van der Waals surface area contributed by atoms with Gasteiger partial charge < -0.3 is 20.4 Å². The summed E-state index contributed by atoms with van der Waals surface area (Å²) in [4.78, 5) is 36.6. The van der Waals surface area contributed by atoms with Crippen LogP contribution < -0.4 is 5.32 Å². The van der Waals surface area contributed by atoms with Gasteiger partial charge in [-0.05, 0) is 66.2 Å². The minimum Gasteiger partial charge on any atom is -0.481 e. The molecule has 0 bridgehead atoms. The highest BCUT2D eigenvalue weighted by Crippen LogP contribution is 2.17. The van der Waals surface area contributed by atoms with Gasteiger partial charge in [0.1, 0.15) is 6.04 Å². The number of thioether (sulfide) groups is 1. The van der Waals surface area contributed by atoms with Gasteiger partial charge in [0.2, 0.25) is 0 Å². The van der Waals surface area contributed by atoms with Crippen LogP contribution in [-0.4, -0.2) is 63.7 Å². The molecule has 0 radical (unpaired) electrons. The molecule has 1 rings (SSSR count). The third-order valence-electron chi connectivity index (χ3n) is 5.61. The van der Waals surface area contributed by atoms with E-state index in [1.54, 1.807) is 0 Å². The average molecular weight is 481 g/mol. The number of aliphatic carboxylic acids is 2. The highest BCUT2D eigenvalue weighted by Gasteiger charge is 2.30. The van der Waals surface area contributed by atoms with Crippen LogP contribution in [0.5, 0.6) is 0 Å². The molecule has 0 spiro atoms. The molecule has 1 aliphatic rings. The van der Waals surface area contributed by atoms with Crippen molar-refractivity contribution >= 4 is 29.7 Å². The molecule has 1 fully saturated rings. The molecule has 1 aliphatic heterocycles. The van der Waals surface area contributed by atoms with Gasteiger partial charge in [0.05, 0.1) is 5.92 Å². The predicted octanol–water partition coefficient (Wildman–Crippen LogP) is 5.10. The summed E-state index contributed by atoms with van der Waals surface area (Å²) in [5.74, 6) is -1.66. The van der Waals surface area contributed by atoms with Crippen LogP contribution in [0.15, 0.2) is 34.9 Å². The zero-order valence-electron chi connectivity index (χ0n) is 20.4. The van der Waals surface area contributed by atoms with Crippen molar-refractivity contribution < 1.29 is 24.6 Å². The van der Waals surface area contributed by atoms with Gasteiger partial charge in [-0.25, -0.2) is 9.59 Å². The average Bonchev–Trinajstić information content (AvgIpc) is 2.75. The van der Waals surface area contributed by atoms with Crippen molar-refractivity contribution in [2.75, 3.05) is 24.6 Å². The van der Waals surface area contributed by atoms with E-state index >= 15 is 0 Å². The van der Waals surface area contributed by atoms with Crippen molar-refractivity contribution in [2.24, 2.45) is 5.92 Å². The zero-order chi connectivity index (χ0) is 24.8. The van der Waals surface area contributed by atoms with Crippen molar-refractivity contribution in [3.63, 3.8) is 0 Å². The number of rotatable bonds is 13. The van der Waals surface area contributed by atoms with Gasteiger partial charge in [0, 0.05) is 24.6 Å². The van der Waals surface area contributed by atoms with Crippen LogP contribution in [0.2, 0.25) is 0 Å². The smallest absolute Gasteiger partial charge is 0.327 e. The summed E-state index contributed by atoms with van der Waals surface area (Å²) in [6, 6.07) is -1.51. The first-order valence-corrected chi connectivity index (χ1v) is 12.8. The van der Waals surface area contributed by atoms with Gasteiger partial charge in [0.25, 0.3) is 0 Å². The standard InChI is InChI=1S/C25H40N2O5S/c1-18(2)8-5-9-19(3)10-6-11-20(4)13-15-33-17-22(24(30)31)26-25(32)27-14-7-12-21(16-27)23(28)29/h8,10,13,21-22H,5-7,9,11-12,14-17H2,1-4H3,(H,26,32)(H,28,29)(H,30,31)/b19-10+,20-13+. The zero-order valence-corrected chi connectivity index (χ0v) is 21.2. The largest absolute Gasteiger partial charge is 0.481 e. The van der Waals surface area contributed by atoms with Crippen LogP contribution >= 0.6 is 11.8 Å². The fraction of sp³-hybridized carbons (Fsp3) is 0.640. The topological polar surface area (TPSA) is 107 Å². The molecule has 3 N–H and O–H groups in total. The van der Waals surface area contributed by atoms with Crippen LogP contribution in [-0.2, 0) is 9.59 Å². The van der Waals surface area contributed by atoms with Crippen molar-refractivity contribution in [3.05, 3.63) is 34.9 Å². The third-order valence-corrected chi connectivity index (χ3v) is 6.58. The lowest BCUT2D eigenvalue weighted by Gasteiger charge is -2.31. The number of amides is 2. The monoisotopic (exact) mass is 480 g/mol. The molecular formula is C25H40N2O5S. The summed E-state index contributed by atoms with van der Waals surface area (Å²) in [5, 5.41) is 21.2. The Hall–Kier alpha value is -2.22. The van der Waals surface area contributed by atoms with E-state index in [2.05, 4.69) is 51.2 Å². The first kappa shape index (κ1) is 28.8. The van der Waals surface area contributed by atoms with E-state index in [4.69, 9.17) is 5.11 Å². The lowest BCUT2D eigenvalue weighted by molar-refractivity contribution is -0.143. The Balaban J connectivity index is 2.38. The Morgan fingerprint density at radius 1 is 1.03 bits per heavy atom. The summed E-state index contributed by atoms with van der Waals surface area (Å²) < 4.78 is 0. The Kier molecular flexibility index (Phi) is 13.6. The number of urea groups is 1. The number of nitrogens with zero attached hydrogens (tertiary/aromatic N) is 1. The number of likely N-dealkylation sites (tertiary alicyclic amines) is 1. The number of carboxylic acids is 2. The predicted molar refractivity (Wildman–Crippen MR) is 135 cm³/mol. The minimum atomic E-state index is -1.09. The molecule has 33 heavy (non-hydrogen) atoms. The molecule has 8 heteroatoms. The molecule has 0 aromatic carbocycles. The van der Waals surface area contributed by atoms with E-state index in [0.29, 0.717) is 25.1 Å². The van der Waals surface area contributed by atoms with E-state index in [0.717, 1.165) is 25.7 Å². The fourth-order valence-electron chi connectivity index (χ4n) is 3.50. The Labute approximate surface area is 202 Å². The van der Waals surface area contributed by atoms with Crippen molar-refractivity contribution in [1.29, 1.82) is 0 Å². The second-order valence-electron chi connectivity index (χ2n) is 8.96. The molecule has 2 amide bonds. The van der Waals surface area contributed by atoms with E-state index in [1.165, 1.54) is 33.4 Å². The van der Waals surface area contributed by atoms with Crippen molar-refractivity contribution in [3.8, 4) is 0 Å². The number of carboxylic acid groups (broad SMARTS) is 2. The molecule has 0 aromatic rings. The molecule has 1 heterocycles. The summed E-state index contributed by atoms with van der Waals surface area (Å²) in [7, 11) is 0. The van der Waals surface area contributed by atoms with E-state index in [-0.39, 0.29) is 12.3 Å². The van der Waals surface area contributed by atoms with Gasteiger partial charge in [-0.15, -0.1) is 0 Å². The molecule has 186 valence electrons. The molecule has 2 atom stereocenters. The SMILES string of the molecule is CC(C)=CCC/C(C)=C/CC/C(C)=C/CSCC(NC(=O)N1CCCC(C(=O)O)C1)C(=O)O. The van der Waals surface area contributed by atoms with Crippen LogP contribution in [0.1, 0.15) is 66.2 Å². The maximum Gasteiger partial charge on any atom is 0.327 e. The van der Waals surface area contributed by atoms with Gasteiger partial charge >= 0.3 is 18.0 Å². The van der Waals surface area contributed by atoms with E-state index in [9.17, 15) is 19.5 Å². The molecule has 2 unspecified atom stereocenters. The molecule has 0 aliphatic carbocycles. The lowest BCUT2D eigenvalue weighted by atomic mass is 9.99. The number of nitrogens with one attached hydrogen (secondary N) is 1. The number of hydrogen-bond donors (Lipinski definition) is 3. The summed E-state index contributed by atoms with van der Waals surface area (Å²) >= 11 is 1.46. The van der Waals surface area contributed by atoms with Crippen molar-refractivity contribution in [2.45, 2.75) is 72.3 Å². The number of carbonyl (C=O) groups is 3. The second kappa shape index (κ2) is 15.6. The molecular weight excluding hydrogens is 440 g/mol. The fourth-order valence-corrected chi connectivity index (χ4v) is 4.50. The van der Waals surface area contributed by atoms with Gasteiger partial charge in [0.15, 0.2) is 0 Å². The Morgan fingerprint density at radius 3 is 2.27 bits per heavy atom. The van der Waals surface area contributed by atoms with Gasteiger partial charge in [-0.2, -0.15) is 11.8 Å². The minimum absolute atomic E-state index is 0.117. The van der Waals surface area contributed by atoms with Crippen LogP contribution in [0.3, 0.4) is 0 Å². The lowest BCUT2D eigenvalue weighted by Crippen LogP contribution is -2.52. The van der Waals surface area contributed by atoms with Crippen molar-refractivity contribution in [1.82, 2.24) is 10.2 Å². The van der Waals surface area contributed by atoms with Crippen LogP contribution in [0.25, 0.3) is 0 Å². The Morgan fingerprint density at radius 2 is 1.67 bits per heavy atom. The molecule has 0 saturated carbocycles. The number of hydrogen-bond acceptors (Lipinski definition) is 4. The number of carbonyl (C=O) groups excluding carboxylic acids is 1.